The number of hydrogen-bond acceptors (Lipinski definition) is 2. The predicted octanol–water partition coefficient (Wildman–Crippen LogP) is 4.27. The van der Waals surface area contributed by atoms with E-state index in [2.05, 4.69) is 19.2 Å². The van der Waals surface area contributed by atoms with Crippen molar-refractivity contribution in [3.05, 3.63) is 0 Å². The summed E-state index contributed by atoms with van der Waals surface area (Å²) in [5.74, 6) is 0.850. The van der Waals surface area contributed by atoms with Crippen molar-refractivity contribution in [2.75, 3.05) is 13.1 Å². The van der Waals surface area contributed by atoms with E-state index in [-0.39, 0.29) is 0 Å². The van der Waals surface area contributed by atoms with Gasteiger partial charge in [-0.25, -0.2) is 0 Å². The lowest BCUT2D eigenvalue weighted by Crippen LogP contribution is -2.40. The first-order valence-corrected chi connectivity index (χ1v) is 8.55. The first-order valence-electron chi connectivity index (χ1n) is 8.55. The molecule has 0 aromatic heterocycles. The van der Waals surface area contributed by atoms with Crippen molar-refractivity contribution in [1.82, 2.24) is 5.32 Å². The van der Waals surface area contributed by atoms with Crippen LogP contribution in [-0.4, -0.2) is 23.8 Å². The van der Waals surface area contributed by atoms with E-state index in [1.807, 2.05) is 0 Å². The highest BCUT2D eigenvalue weighted by Crippen LogP contribution is 2.26. The van der Waals surface area contributed by atoms with E-state index in [9.17, 15) is 5.11 Å². The van der Waals surface area contributed by atoms with Gasteiger partial charge in [-0.1, -0.05) is 65.2 Å². The van der Waals surface area contributed by atoms with Gasteiger partial charge in [-0.3, -0.25) is 0 Å². The molecule has 0 radical (unpaired) electrons. The highest BCUT2D eigenvalue weighted by atomic mass is 16.3. The van der Waals surface area contributed by atoms with Crippen molar-refractivity contribution < 1.29 is 5.11 Å². The van der Waals surface area contributed by atoms with Gasteiger partial charge in [-0.15, -0.1) is 0 Å². The van der Waals surface area contributed by atoms with E-state index in [0.717, 1.165) is 31.8 Å². The summed E-state index contributed by atoms with van der Waals surface area (Å²) in [5.41, 5.74) is -0.409. The van der Waals surface area contributed by atoms with Crippen molar-refractivity contribution in [2.45, 2.75) is 90.1 Å². The Balaban J connectivity index is 1.94. The summed E-state index contributed by atoms with van der Waals surface area (Å²) in [4.78, 5) is 0. The van der Waals surface area contributed by atoms with Crippen LogP contribution in [0.2, 0.25) is 0 Å². The van der Waals surface area contributed by atoms with Gasteiger partial charge in [0.15, 0.2) is 0 Å². The molecule has 0 aliphatic heterocycles. The summed E-state index contributed by atoms with van der Waals surface area (Å²) in [5, 5.41) is 14.0. The molecular formula is C17H35NO. The summed E-state index contributed by atoms with van der Waals surface area (Å²) in [6, 6.07) is 0. The average molecular weight is 269 g/mol. The maximum Gasteiger partial charge on any atom is 0.0771 e. The van der Waals surface area contributed by atoms with Crippen LogP contribution < -0.4 is 5.32 Å². The molecule has 1 rings (SSSR count). The van der Waals surface area contributed by atoms with Gasteiger partial charge in [0.2, 0.25) is 0 Å². The van der Waals surface area contributed by atoms with Crippen LogP contribution in [0, 0.1) is 5.92 Å². The summed E-state index contributed by atoms with van der Waals surface area (Å²) in [6.07, 6.45) is 13.7. The largest absolute Gasteiger partial charge is 0.389 e. The van der Waals surface area contributed by atoms with Crippen LogP contribution in [0.5, 0.6) is 0 Å². The highest BCUT2D eigenvalue weighted by Gasteiger charge is 2.26. The molecule has 0 heterocycles. The number of rotatable bonds is 9. The fourth-order valence-corrected chi connectivity index (χ4v) is 3.04. The quantitative estimate of drug-likeness (QED) is 0.484. The molecule has 0 atom stereocenters. The Kier molecular flexibility index (Phi) is 8.72. The molecule has 2 N–H and O–H groups in total. The molecule has 0 amide bonds. The van der Waals surface area contributed by atoms with Crippen LogP contribution in [0.3, 0.4) is 0 Å². The number of hydrogen-bond donors (Lipinski definition) is 2. The van der Waals surface area contributed by atoms with E-state index in [4.69, 9.17) is 0 Å². The Bertz CT molecular complexity index is 207. The zero-order valence-corrected chi connectivity index (χ0v) is 13.2. The Labute approximate surface area is 120 Å². The average Bonchev–Trinajstić information content (AvgIpc) is 2.57. The van der Waals surface area contributed by atoms with Crippen LogP contribution in [0.15, 0.2) is 0 Å². The molecule has 0 spiro atoms. The first kappa shape index (κ1) is 17.0. The molecule has 114 valence electrons. The Morgan fingerprint density at radius 2 is 1.58 bits per heavy atom. The third-order valence-corrected chi connectivity index (χ3v) is 4.37. The highest BCUT2D eigenvalue weighted by molar-refractivity contribution is 4.83. The second-order valence-corrected chi connectivity index (χ2v) is 6.91. The molecule has 0 unspecified atom stereocenters. The normalized spacial score (nSPS) is 19.6. The lowest BCUT2D eigenvalue weighted by atomic mass is 9.94. The van der Waals surface area contributed by atoms with Crippen molar-refractivity contribution in [2.24, 2.45) is 5.92 Å². The Morgan fingerprint density at radius 1 is 0.947 bits per heavy atom. The Morgan fingerprint density at radius 3 is 2.21 bits per heavy atom. The van der Waals surface area contributed by atoms with Gasteiger partial charge in [0, 0.05) is 6.54 Å². The Hall–Kier alpha value is -0.0800. The maximum atomic E-state index is 10.5. The van der Waals surface area contributed by atoms with Crippen LogP contribution in [0.25, 0.3) is 0 Å². The van der Waals surface area contributed by atoms with Crippen LogP contribution in [0.1, 0.15) is 84.5 Å². The third kappa shape index (κ3) is 8.65. The number of nitrogens with one attached hydrogen (secondary N) is 1. The molecule has 0 aromatic rings. The first-order chi connectivity index (χ1) is 9.12. The third-order valence-electron chi connectivity index (χ3n) is 4.37. The molecule has 0 bridgehead atoms. The van der Waals surface area contributed by atoms with Gasteiger partial charge >= 0.3 is 0 Å². The minimum Gasteiger partial charge on any atom is -0.389 e. The summed E-state index contributed by atoms with van der Waals surface area (Å²) in [7, 11) is 0. The molecule has 0 saturated heterocycles. The predicted molar refractivity (Wildman–Crippen MR) is 83.4 cm³/mol. The van der Waals surface area contributed by atoms with Crippen molar-refractivity contribution in [1.29, 1.82) is 0 Å². The smallest absolute Gasteiger partial charge is 0.0771 e. The second kappa shape index (κ2) is 9.77. The number of aliphatic hydroxyl groups is 1. The van der Waals surface area contributed by atoms with Gasteiger partial charge in [-0.05, 0) is 31.7 Å². The van der Waals surface area contributed by atoms with Crippen molar-refractivity contribution in [3.8, 4) is 0 Å². The van der Waals surface area contributed by atoms with Gasteiger partial charge in [0.25, 0.3) is 0 Å². The van der Waals surface area contributed by atoms with E-state index in [0.29, 0.717) is 0 Å². The van der Waals surface area contributed by atoms with E-state index >= 15 is 0 Å². The maximum absolute atomic E-state index is 10.5. The fourth-order valence-electron chi connectivity index (χ4n) is 3.04. The molecule has 0 aromatic carbocycles. The lowest BCUT2D eigenvalue weighted by molar-refractivity contribution is 0.0254. The van der Waals surface area contributed by atoms with Crippen molar-refractivity contribution in [3.63, 3.8) is 0 Å². The van der Waals surface area contributed by atoms with E-state index < -0.39 is 5.60 Å². The molecule has 1 aliphatic carbocycles. The van der Waals surface area contributed by atoms with E-state index in [1.165, 1.54) is 57.8 Å². The van der Waals surface area contributed by atoms with Gasteiger partial charge in [0.1, 0.15) is 0 Å². The minimum atomic E-state index is -0.409. The monoisotopic (exact) mass is 269 g/mol. The van der Waals surface area contributed by atoms with Crippen LogP contribution in [-0.2, 0) is 0 Å². The van der Waals surface area contributed by atoms with Crippen LogP contribution in [0.4, 0.5) is 0 Å². The minimum absolute atomic E-state index is 0.409. The van der Waals surface area contributed by atoms with Gasteiger partial charge in [-0.2, -0.15) is 0 Å². The topological polar surface area (TPSA) is 32.3 Å². The molecular weight excluding hydrogens is 234 g/mol. The molecule has 19 heavy (non-hydrogen) atoms. The fraction of sp³-hybridized carbons (Fsp3) is 1.00. The zero-order valence-electron chi connectivity index (χ0n) is 13.2. The van der Waals surface area contributed by atoms with Gasteiger partial charge in [0.05, 0.1) is 5.60 Å². The summed E-state index contributed by atoms with van der Waals surface area (Å²) < 4.78 is 0. The molecule has 1 saturated carbocycles. The number of unbranched alkanes of at least 4 members (excludes halogenated alkanes) is 3. The molecule has 1 fully saturated rings. The van der Waals surface area contributed by atoms with Crippen LogP contribution >= 0.6 is 0 Å². The molecule has 1 aliphatic rings. The summed E-state index contributed by atoms with van der Waals surface area (Å²) >= 11 is 0. The summed E-state index contributed by atoms with van der Waals surface area (Å²) in [6.45, 7) is 6.48. The second-order valence-electron chi connectivity index (χ2n) is 6.91. The van der Waals surface area contributed by atoms with E-state index in [1.54, 1.807) is 0 Å². The van der Waals surface area contributed by atoms with Crippen molar-refractivity contribution >= 4 is 0 Å². The molecule has 2 nitrogen and oxygen atoms in total. The zero-order chi connectivity index (χ0) is 14.0. The molecule has 2 heteroatoms. The van der Waals surface area contributed by atoms with Gasteiger partial charge < -0.3 is 10.4 Å². The standard InChI is InChI=1S/C17H35NO/c1-16(2)11-7-3-6-10-14-18-15-17(19)12-8-4-5-9-13-17/h16,18-19H,3-15H2,1-2H3. The lowest BCUT2D eigenvalue weighted by Gasteiger charge is -2.27. The SMILES string of the molecule is CC(C)CCCCCCNCC1(O)CCCCCC1.